The van der Waals surface area contributed by atoms with Crippen molar-refractivity contribution in [2.75, 3.05) is 32.8 Å². The lowest BCUT2D eigenvalue weighted by molar-refractivity contribution is -0.152. The molecule has 0 spiro atoms. The summed E-state index contributed by atoms with van der Waals surface area (Å²) in [5, 5.41) is 0. The van der Waals surface area contributed by atoms with E-state index in [1.54, 1.807) is 4.90 Å². The molecule has 2 aromatic rings. The molecule has 2 saturated heterocycles. The summed E-state index contributed by atoms with van der Waals surface area (Å²) in [7, 11) is 0. The van der Waals surface area contributed by atoms with Crippen molar-refractivity contribution in [3.63, 3.8) is 0 Å². The average Bonchev–Trinajstić information content (AvgIpc) is 3.18. The summed E-state index contributed by atoms with van der Waals surface area (Å²) in [6.45, 7) is 5.95. The minimum absolute atomic E-state index is 0.0860. The van der Waals surface area contributed by atoms with Gasteiger partial charge in [0, 0.05) is 13.1 Å². The number of amides is 1. The van der Waals surface area contributed by atoms with Gasteiger partial charge in [0.15, 0.2) is 0 Å². The van der Waals surface area contributed by atoms with Crippen molar-refractivity contribution in [2.24, 2.45) is 0 Å². The second-order valence-corrected chi connectivity index (χ2v) is 8.67. The number of hydrogen-bond acceptors (Lipinski definition) is 5. The molecule has 1 amide bonds. The van der Waals surface area contributed by atoms with Crippen LogP contribution in [0.4, 0.5) is 4.79 Å². The van der Waals surface area contributed by atoms with Gasteiger partial charge in [-0.1, -0.05) is 60.7 Å². The van der Waals surface area contributed by atoms with Crippen LogP contribution in [0.25, 0.3) is 0 Å². The highest BCUT2D eigenvalue weighted by atomic mass is 16.6. The Morgan fingerprint density at radius 3 is 2.38 bits per heavy atom. The maximum Gasteiger partial charge on any atom is 0.410 e. The van der Waals surface area contributed by atoms with Gasteiger partial charge in [0.1, 0.15) is 6.10 Å². The average molecular weight is 437 g/mol. The quantitative estimate of drug-likeness (QED) is 0.586. The van der Waals surface area contributed by atoms with Gasteiger partial charge in [0.2, 0.25) is 0 Å². The Labute approximate surface area is 190 Å². The number of nitrogens with zero attached hydrogens (tertiary/aromatic N) is 2. The number of ether oxygens (including phenoxy) is 2. The maximum atomic E-state index is 12.9. The van der Waals surface area contributed by atoms with E-state index in [0.29, 0.717) is 19.7 Å². The second-order valence-electron chi connectivity index (χ2n) is 8.67. The molecule has 32 heavy (non-hydrogen) atoms. The Morgan fingerprint density at radius 2 is 1.72 bits per heavy atom. The largest absolute Gasteiger partial charge is 0.465 e. The molecule has 170 valence electrons. The number of rotatable bonds is 8. The molecule has 6 nitrogen and oxygen atoms in total. The van der Waals surface area contributed by atoms with E-state index in [4.69, 9.17) is 9.47 Å². The topological polar surface area (TPSA) is 59.1 Å². The molecule has 0 saturated carbocycles. The third-order valence-corrected chi connectivity index (χ3v) is 6.64. The normalized spacial score (nSPS) is 20.7. The first-order chi connectivity index (χ1) is 15.6. The van der Waals surface area contributed by atoms with Gasteiger partial charge in [-0.25, -0.2) is 4.79 Å². The molecule has 0 aliphatic carbocycles. The lowest BCUT2D eigenvalue weighted by Crippen LogP contribution is -2.48. The van der Waals surface area contributed by atoms with Crippen molar-refractivity contribution in [2.45, 2.75) is 44.2 Å². The maximum absolute atomic E-state index is 12.9. The van der Waals surface area contributed by atoms with E-state index >= 15 is 0 Å². The van der Waals surface area contributed by atoms with Gasteiger partial charge in [-0.3, -0.25) is 4.79 Å². The number of piperidine rings is 1. The summed E-state index contributed by atoms with van der Waals surface area (Å²) in [5.74, 6) is -0.118. The van der Waals surface area contributed by atoms with Crippen LogP contribution in [0.2, 0.25) is 0 Å². The molecule has 1 atom stereocenters. The Bertz CT molecular complexity index is 895. The van der Waals surface area contributed by atoms with Gasteiger partial charge in [-0.2, -0.15) is 0 Å². The van der Waals surface area contributed by atoms with Crippen LogP contribution < -0.4 is 0 Å². The van der Waals surface area contributed by atoms with Crippen LogP contribution in [0.5, 0.6) is 0 Å². The molecule has 2 aromatic carbocycles. The van der Waals surface area contributed by atoms with E-state index in [1.807, 2.05) is 67.6 Å². The van der Waals surface area contributed by atoms with Crippen LogP contribution in [-0.2, 0) is 26.2 Å². The minimum Gasteiger partial charge on any atom is -0.465 e. The number of cyclic esters (lactones) is 1. The van der Waals surface area contributed by atoms with Gasteiger partial charge in [0.25, 0.3) is 0 Å². The summed E-state index contributed by atoms with van der Waals surface area (Å²) < 4.78 is 11.1. The first kappa shape index (κ1) is 22.3. The fourth-order valence-corrected chi connectivity index (χ4v) is 4.78. The first-order valence-electron chi connectivity index (χ1n) is 11.6. The van der Waals surface area contributed by atoms with Crippen LogP contribution in [0, 0.1) is 0 Å². The standard InChI is InChI=1S/C26H32N2O4/c1-2-31-24(29)26(22-11-7-4-8-12-22)14-17-27(18-15-26)16-13-23-20-28(25(30)32-23)19-21-9-5-3-6-10-21/h3-12,23H,2,13-20H2,1H3/t23-/m0/s1. The van der Waals surface area contributed by atoms with Gasteiger partial charge in [-0.15, -0.1) is 0 Å². The van der Waals surface area contributed by atoms with Gasteiger partial charge < -0.3 is 19.3 Å². The van der Waals surface area contributed by atoms with E-state index in [2.05, 4.69) is 4.90 Å². The SMILES string of the molecule is CCOC(=O)C1(c2ccccc2)CCN(CC[C@H]2CN(Cc3ccccc3)C(=O)O2)CC1. The molecular formula is C26H32N2O4. The lowest BCUT2D eigenvalue weighted by Gasteiger charge is -2.40. The predicted molar refractivity (Wildman–Crippen MR) is 122 cm³/mol. The molecule has 0 aromatic heterocycles. The highest BCUT2D eigenvalue weighted by molar-refractivity contribution is 5.83. The molecule has 2 aliphatic heterocycles. The highest BCUT2D eigenvalue weighted by Gasteiger charge is 2.44. The lowest BCUT2D eigenvalue weighted by atomic mass is 9.72. The highest BCUT2D eigenvalue weighted by Crippen LogP contribution is 2.37. The smallest absolute Gasteiger partial charge is 0.410 e. The number of carbonyl (C=O) groups excluding carboxylic acids is 2. The Hall–Kier alpha value is -2.86. The first-order valence-corrected chi connectivity index (χ1v) is 11.6. The van der Waals surface area contributed by atoms with Gasteiger partial charge >= 0.3 is 12.1 Å². The van der Waals surface area contributed by atoms with Gasteiger partial charge in [-0.05, 0) is 50.4 Å². The second kappa shape index (κ2) is 10.2. The molecule has 6 heteroatoms. The summed E-state index contributed by atoms with van der Waals surface area (Å²) in [4.78, 5) is 29.3. The van der Waals surface area contributed by atoms with E-state index in [-0.39, 0.29) is 18.2 Å². The number of carbonyl (C=O) groups is 2. The molecule has 2 aliphatic rings. The Kier molecular flexibility index (Phi) is 7.10. The number of esters is 1. The summed E-state index contributed by atoms with van der Waals surface area (Å²) >= 11 is 0. The number of hydrogen-bond donors (Lipinski definition) is 0. The van der Waals surface area contributed by atoms with Crippen LogP contribution >= 0.6 is 0 Å². The molecule has 0 radical (unpaired) electrons. The Balaban J connectivity index is 1.30. The molecule has 0 N–H and O–H groups in total. The monoisotopic (exact) mass is 436 g/mol. The van der Waals surface area contributed by atoms with Crippen molar-refractivity contribution in [1.29, 1.82) is 0 Å². The molecule has 2 heterocycles. The van der Waals surface area contributed by atoms with Crippen LogP contribution in [0.15, 0.2) is 60.7 Å². The third-order valence-electron chi connectivity index (χ3n) is 6.64. The molecular weight excluding hydrogens is 404 g/mol. The molecule has 0 bridgehead atoms. The molecule has 0 unspecified atom stereocenters. The minimum atomic E-state index is -0.569. The van der Waals surface area contributed by atoms with Crippen molar-refractivity contribution in [3.05, 3.63) is 71.8 Å². The Morgan fingerprint density at radius 1 is 1.06 bits per heavy atom. The van der Waals surface area contributed by atoms with Gasteiger partial charge in [0.05, 0.1) is 18.6 Å². The van der Waals surface area contributed by atoms with Crippen molar-refractivity contribution < 1.29 is 19.1 Å². The van der Waals surface area contributed by atoms with Crippen LogP contribution in [0.3, 0.4) is 0 Å². The van der Waals surface area contributed by atoms with E-state index < -0.39 is 5.41 Å². The van der Waals surface area contributed by atoms with Crippen molar-refractivity contribution in [1.82, 2.24) is 9.80 Å². The van der Waals surface area contributed by atoms with E-state index in [9.17, 15) is 9.59 Å². The van der Waals surface area contributed by atoms with Crippen molar-refractivity contribution >= 4 is 12.1 Å². The zero-order valence-corrected chi connectivity index (χ0v) is 18.7. The molecule has 2 fully saturated rings. The van der Waals surface area contributed by atoms with E-state index in [0.717, 1.165) is 50.0 Å². The fraction of sp³-hybridized carbons (Fsp3) is 0.462. The van der Waals surface area contributed by atoms with Crippen LogP contribution in [-0.4, -0.2) is 60.8 Å². The van der Waals surface area contributed by atoms with E-state index in [1.165, 1.54) is 0 Å². The molecule has 4 rings (SSSR count). The zero-order chi connectivity index (χ0) is 22.4. The summed E-state index contributed by atoms with van der Waals surface area (Å²) in [5.41, 5.74) is 1.58. The summed E-state index contributed by atoms with van der Waals surface area (Å²) in [6.07, 6.45) is 1.95. The third kappa shape index (κ3) is 4.96. The van der Waals surface area contributed by atoms with Crippen LogP contribution in [0.1, 0.15) is 37.3 Å². The number of likely N-dealkylation sites (tertiary alicyclic amines) is 1. The zero-order valence-electron chi connectivity index (χ0n) is 18.7. The van der Waals surface area contributed by atoms with Crippen molar-refractivity contribution in [3.8, 4) is 0 Å². The fourth-order valence-electron chi connectivity index (χ4n) is 4.78. The number of benzene rings is 2. The predicted octanol–water partition coefficient (Wildman–Crippen LogP) is 3.99. The summed E-state index contributed by atoms with van der Waals surface area (Å²) in [6, 6.07) is 20.0.